The van der Waals surface area contributed by atoms with Gasteiger partial charge in [-0.25, -0.2) is 0 Å². The Morgan fingerprint density at radius 1 is 0.382 bits per heavy atom. The molecule has 0 saturated heterocycles. The van der Waals surface area contributed by atoms with Crippen LogP contribution in [-0.2, 0) is 5.41 Å². The molecule has 0 atom stereocenters. The molecule has 55 heavy (non-hydrogen) atoms. The first kappa shape index (κ1) is 31.6. The molecule has 0 saturated carbocycles. The summed E-state index contributed by atoms with van der Waals surface area (Å²) < 4.78 is 6.24. The van der Waals surface area contributed by atoms with E-state index in [1.165, 1.54) is 71.4 Å². The smallest absolute Gasteiger partial charge is 0.136 e. The first-order chi connectivity index (χ1) is 27.0. The van der Waals surface area contributed by atoms with Crippen molar-refractivity contribution in [3.05, 3.63) is 199 Å². The number of hydrogen-bond donors (Lipinski definition) is 0. The first-order valence-corrected chi connectivity index (χ1v) is 19.1. The van der Waals surface area contributed by atoms with Gasteiger partial charge in [0.15, 0.2) is 0 Å². The summed E-state index contributed by atoms with van der Waals surface area (Å²) in [5, 5.41) is 7.25. The Kier molecular flexibility index (Phi) is 6.93. The summed E-state index contributed by atoms with van der Waals surface area (Å²) in [6, 6.07) is 68.6. The van der Waals surface area contributed by atoms with Crippen LogP contribution in [0.2, 0.25) is 0 Å². The molecular weight excluding hydrogens is 667 g/mol. The van der Waals surface area contributed by atoms with Gasteiger partial charge >= 0.3 is 0 Å². The first-order valence-electron chi connectivity index (χ1n) is 19.1. The molecule has 0 radical (unpaired) electrons. The molecular formula is C53H37NO. The van der Waals surface area contributed by atoms with Gasteiger partial charge in [0.05, 0.1) is 0 Å². The van der Waals surface area contributed by atoms with E-state index >= 15 is 0 Å². The highest BCUT2D eigenvalue weighted by atomic mass is 16.3. The molecule has 10 aromatic rings. The molecule has 0 aliphatic heterocycles. The molecule has 0 fully saturated rings. The largest absolute Gasteiger partial charge is 0.456 e. The molecule has 2 heteroatoms. The zero-order chi connectivity index (χ0) is 36.7. The highest BCUT2D eigenvalue weighted by Crippen LogP contribution is 2.50. The maximum Gasteiger partial charge on any atom is 0.136 e. The quantitative estimate of drug-likeness (QED) is 0.177. The number of hydrogen-bond acceptors (Lipinski definition) is 2. The van der Waals surface area contributed by atoms with Crippen molar-refractivity contribution >= 4 is 60.5 Å². The molecule has 9 aromatic carbocycles. The van der Waals surface area contributed by atoms with Gasteiger partial charge in [0.2, 0.25) is 0 Å². The van der Waals surface area contributed by atoms with Crippen LogP contribution >= 0.6 is 0 Å². The van der Waals surface area contributed by atoms with E-state index in [0.717, 1.165) is 33.6 Å². The lowest BCUT2D eigenvalue weighted by molar-refractivity contribution is 0.660. The van der Waals surface area contributed by atoms with Gasteiger partial charge in [-0.15, -0.1) is 0 Å². The van der Waals surface area contributed by atoms with Crippen LogP contribution in [0.5, 0.6) is 0 Å². The number of para-hydroxylation sites is 1. The van der Waals surface area contributed by atoms with Crippen LogP contribution in [0.4, 0.5) is 17.1 Å². The Balaban J connectivity index is 1.01. The van der Waals surface area contributed by atoms with Crippen molar-refractivity contribution in [2.45, 2.75) is 19.3 Å². The topological polar surface area (TPSA) is 16.4 Å². The fourth-order valence-electron chi connectivity index (χ4n) is 8.98. The second-order valence-corrected chi connectivity index (χ2v) is 15.4. The number of furan rings is 1. The second kappa shape index (κ2) is 12.1. The average molecular weight is 704 g/mol. The molecule has 1 aliphatic carbocycles. The summed E-state index contributed by atoms with van der Waals surface area (Å²) in [4.78, 5) is 2.40. The number of rotatable bonds is 5. The maximum absolute atomic E-state index is 6.24. The van der Waals surface area contributed by atoms with Gasteiger partial charge in [-0.3, -0.25) is 0 Å². The summed E-state index contributed by atoms with van der Waals surface area (Å²) in [5.41, 5.74) is 15.3. The predicted octanol–water partition coefficient (Wildman–Crippen LogP) is 15.0. The Labute approximate surface area is 320 Å². The van der Waals surface area contributed by atoms with Gasteiger partial charge in [-0.05, 0) is 127 Å². The molecule has 11 rings (SSSR count). The van der Waals surface area contributed by atoms with Crippen LogP contribution in [0.25, 0.3) is 76.9 Å². The van der Waals surface area contributed by atoms with Crippen LogP contribution in [-0.4, -0.2) is 0 Å². The molecule has 0 N–H and O–H groups in total. The van der Waals surface area contributed by atoms with E-state index in [9.17, 15) is 0 Å². The van der Waals surface area contributed by atoms with Crippen LogP contribution < -0.4 is 4.90 Å². The average Bonchev–Trinajstić information content (AvgIpc) is 3.73. The monoisotopic (exact) mass is 703 g/mol. The third-order valence-corrected chi connectivity index (χ3v) is 11.9. The number of nitrogens with zero attached hydrogens (tertiary/aromatic N) is 1. The van der Waals surface area contributed by atoms with Crippen LogP contribution in [0.1, 0.15) is 25.0 Å². The maximum atomic E-state index is 6.24. The van der Waals surface area contributed by atoms with E-state index < -0.39 is 0 Å². The Morgan fingerprint density at radius 2 is 0.964 bits per heavy atom. The Hall–Kier alpha value is -6.90. The standard InChI is InChI=1S/C53H37NO/c1-53(2)48-13-7-5-11-44(48)45-29-28-43(33-49(45)53)54(41-24-19-35(20-25-41)39-17-15-34-9-3-4-10-38(34)31-39)42-26-21-36(22-27-42)40-18-16-37-23-30-51-52(47(37)32-40)46-12-6-8-14-50(46)55-51/h3-33H,1-2H3. The van der Waals surface area contributed by atoms with Crippen LogP contribution in [0, 0.1) is 0 Å². The van der Waals surface area contributed by atoms with Gasteiger partial charge in [0.25, 0.3) is 0 Å². The van der Waals surface area contributed by atoms with E-state index in [1.54, 1.807) is 0 Å². The van der Waals surface area contributed by atoms with Gasteiger partial charge in [0.1, 0.15) is 11.2 Å². The molecule has 1 heterocycles. The Morgan fingerprint density at radius 3 is 1.75 bits per heavy atom. The molecule has 1 aliphatic rings. The van der Waals surface area contributed by atoms with Crippen molar-refractivity contribution in [3.8, 4) is 33.4 Å². The minimum absolute atomic E-state index is 0.0980. The molecule has 260 valence electrons. The van der Waals surface area contributed by atoms with Gasteiger partial charge < -0.3 is 9.32 Å². The molecule has 1 aromatic heterocycles. The van der Waals surface area contributed by atoms with Crippen molar-refractivity contribution in [2.24, 2.45) is 0 Å². The summed E-state index contributed by atoms with van der Waals surface area (Å²) in [6.45, 7) is 4.70. The third-order valence-electron chi connectivity index (χ3n) is 11.9. The SMILES string of the molecule is CC1(C)c2ccccc2-c2ccc(N(c3ccc(-c4ccc5ccccc5c4)cc3)c3ccc(-c4ccc5ccc6oc7ccccc7c6c5c4)cc3)cc21. The summed E-state index contributed by atoms with van der Waals surface area (Å²) in [6.07, 6.45) is 0. The molecule has 0 amide bonds. The number of benzene rings is 9. The summed E-state index contributed by atoms with van der Waals surface area (Å²) in [7, 11) is 0. The molecule has 2 nitrogen and oxygen atoms in total. The Bertz CT molecular complexity index is 3110. The fourth-order valence-corrected chi connectivity index (χ4v) is 8.98. The lowest BCUT2D eigenvalue weighted by Gasteiger charge is -2.28. The van der Waals surface area contributed by atoms with Gasteiger partial charge in [0, 0.05) is 33.2 Å². The highest BCUT2D eigenvalue weighted by molar-refractivity contribution is 6.19. The predicted molar refractivity (Wildman–Crippen MR) is 232 cm³/mol. The minimum atomic E-state index is -0.0980. The van der Waals surface area contributed by atoms with Gasteiger partial charge in [-0.2, -0.15) is 0 Å². The normalized spacial score (nSPS) is 13.1. The molecule has 0 bridgehead atoms. The van der Waals surface area contributed by atoms with Crippen molar-refractivity contribution in [1.82, 2.24) is 0 Å². The van der Waals surface area contributed by atoms with Gasteiger partial charge in [-0.1, -0.05) is 141 Å². The number of anilines is 3. The third kappa shape index (κ3) is 5.02. The second-order valence-electron chi connectivity index (χ2n) is 15.4. The van der Waals surface area contributed by atoms with Crippen molar-refractivity contribution in [2.75, 3.05) is 4.90 Å². The zero-order valence-corrected chi connectivity index (χ0v) is 30.8. The van der Waals surface area contributed by atoms with E-state index in [0.29, 0.717) is 0 Å². The summed E-state index contributed by atoms with van der Waals surface area (Å²) in [5.74, 6) is 0. The number of fused-ring (bicyclic) bond motifs is 9. The lowest BCUT2D eigenvalue weighted by atomic mass is 9.82. The van der Waals surface area contributed by atoms with E-state index in [4.69, 9.17) is 4.42 Å². The molecule has 0 unspecified atom stereocenters. The lowest BCUT2D eigenvalue weighted by Crippen LogP contribution is -2.16. The van der Waals surface area contributed by atoms with Crippen LogP contribution in [0.15, 0.2) is 192 Å². The van der Waals surface area contributed by atoms with E-state index in [-0.39, 0.29) is 5.41 Å². The van der Waals surface area contributed by atoms with Crippen molar-refractivity contribution in [3.63, 3.8) is 0 Å². The van der Waals surface area contributed by atoms with E-state index in [1.807, 2.05) is 12.1 Å². The zero-order valence-electron chi connectivity index (χ0n) is 30.8. The minimum Gasteiger partial charge on any atom is -0.456 e. The summed E-state index contributed by atoms with van der Waals surface area (Å²) >= 11 is 0. The van der Waals surface area contributed by atoms with Crippen molar-refractivity contribution in [1.29, 1.82) is 0 Å². The molecule has 0 spiro atoms. The fraction of sp³-hybridized carbons (Fsp3) is 0.0566. The van der Waals surface area contributed by atoms with Crippen LogP contribution in [0.3, 0.4) is 0 Å². The van der Waals surface area contributed by atoms with E-state index in [2.05, 4.69) is 195 Å². The van der Waals surface area contributed by atoms with Crippen molar-refractivity contribution < 1.29 is 4.42 Å². The highest BCUT2D eigenvalue weighted by Gasteiger charge is 2.35.